The predicted octanol–water partition coefficient (Wildman–Crippen LogP) is 2.31. The number of hydrogen-bond donors (Lipinski definition) is 0. The van der Waals surface area contributed by atoms with Gasteiger partial charge in [0.2, 0.25) is 0 Å². The average molecular weight is 247 g/mol. The van der Waals surface area contributed by atoms with E-state index in [4.69, 9.17) is 4.74 Å². The van der Waals surface area contributed by atoms with Gasteiger partial charge in [0.25, 0.3) is 0 Å². The minimum absolute atomic E-state index is 0.0368. The SMILES string of the molecule is CCOC(=O)C1CCN(CC2=CC=CCC=C2)C1. The fourth-order valence-corrected chi connectivity index (χ4v) is 2.42. The van der Waals surface area contributed by atoms with Gasteiger partial charge in [-0.15, -0.1) is 0 Å². The van der Waals surface area contributed by atoms with Gasteiger partial charge in [-0.1, -0.05) is 30.4 Å². The number of rotatable bonds is 4. The van der Waals surface area contributed by atoms with E-state index >= 15 is 0 Å². The van der Waals surface area contributed by atoms with E-state index in [1.807, 2.05) is 6.92 Å². The molecule has 0 amide bonds. The summed E-state index contributed by atoms with van der Waals surface area (Å²) in [5.41, 5.74) is 1.31. The summed E-state index contributed by atoms with van der Waals surface area (Å²) in [7, 11) is 0. The van der Waals surface area contributed by atoms with Gasteiger partial charge in [-0.3, -0.25) is 9.69 Å². The summed E-state index contributed by atoms with van der Waals surface area (Å²) < 4.78 is 5.08. The van der Waals surface area contributed by atoms with E-state index in [1.54, 1.807) is 0 Å². The molecule has 0 saturated carbocycles. The molecule has 1 atom stereocenters. The second-order valence-electron chi connectivity index (χ2n) is 4.78. The van der Waals surface area contributed by atoms with Gasteiger partial charge in [0.15, 0.2) is 0 Å². The van der Waals surface area contributed by atoms with Crippen molar-refractivity contribution in [3.8, 4) is 0 Å². The number of carbonyl (C=O) groups is 1. The van der Waals surface area contributed by atoms with E-state index in [-0.39, 0.29) is 11.9 Å². The second-order valence-corrected chi connectivity index (χ2v) is 4.78. The molecule has 0 spiro atoms. The van der Waals surface area contributed by atoms with E-state index in [9.17, 15) is 4.79 Å². The number of likely N-dealkylation sites (tertiary alicyclic amines) is 1. The molecular weight excluding hydrogens is 226 g/mol. The Morgan fingerprint density at radius 2 is 2.39 bits per heavy atom. The smallest absolute Gasteiger partial charge is 0.310 e. The van der Waals surface area contributed by atoms with Crippen molar-refractivity contribution >= 4 is 5.97 Å². The largest absolute Gasteiger partial charge is 0.466 e. The molecule has 2 rings (SSSR count). The van der Waals surface area contributed by atoms with E-state index in [0.717, 1.165) is 32.5 Å². The first-order chi connectivity index (χ1) is 8.79. The van der Waals surface area contributed by atoms with Crippen LogP contribution in [0, 0.1) is 5.92 Å². The molecule has 1 fully saturated rings. The minimum Gasteiger partial charge on any atom is -0.466 e. The lowest BCUT2D eigenvalue weighted by Crippen LogP contribution is -2.26. The number of nitrogens with zero attached hydrogens (tertiary/aromatic N) is 1. The third kappa shape index (κ3) is 3.57. The van der Waals surface area contributed by atoms with Gasteiger partial charge < -0.3 is 4.74 Å². The number of hydrogen-bond acceptors (Lipinski definition) is 3. The standard InChI is InChI=1S/C15H21NO2/c1-2-18-15(17)14-9-10-16(12-14)11-13-7-5-3-4-6-8-13/h3,5-8,14H,2,4,9-12H2,1H3. The highest BCUT2D eigenvalue weighted by atomic mass is 16.5. The fraction of sp³-hybridized carbons (Fsp3) is 0.533. The zero-order chi connectivity index (χ0) is 12.8. The maximum atomic E-state index is 11.6. The predicted molar refractivity (Wildman–Crippen MR) is 72.2 cm³/mol. The maximum Gasteiger partial charge on any atom is 0.310 e. The summed E-state index contributed by atoms with van der Waals surface area (Å²) in [6.45, 7) is 5.08. The summed E-state index contributed by atoms with van der Waals surface area (Å²) >= 11 is 0. The molecule has 0 radical (unpaired) electrons. The third-order valence-electron chi connectivity index (χ3n) is 3.35. The zero-order valence-electron chi connectivity index (χ0n) is 11.0. The highest BCUT2D eigenvalue weighted by Crippen LogP contribution is 2.19. The van der Waals surface area contributed by atoms with Crippen LogP contribution in [-0.2, 0) is 9.53 Å². The first-order valence-corrected chi connectivity index (χ1v) is 6.71. The Morgan fingerprint density at radius 3 is 3.22 bits per heavy atom. The molecule has 2 aliphatic rings. The topological polar surface area (TPSA) is 29.5 Å². The van der Waals surface area contributed by atoms with Crippen molar-refractivity contribution in [3.05, 3.63) is 36.0 Å². The Bertz CT molecular complexity index is 382. The van der Waals surface area contributed by atoms with Crippen molar-refractivity contribution in [2.75, 3.05) is 26.2 Å². The van der Waals surface area contributed by atoms with Crippen LogP contribution in [0.2, 0.25) is 0 Å². The molecule has 0 aromatic rings. The molecule has 0 bridgehead atoms. The fourth-order valence-electron chi connectivity index (χ4n) is 2.42. The van der Waals surface area contributed by atoms with Gasteiger partial charge in [-0.25, -0.2) is 0 Å². The van der Waals surface area contributed by atoms with Crippen LogP contribution in [0.5, 0.6) is 0 Å². The van der Waals surface area contributed by atoms with Crippen molar-refractivity contribution in [2.24, 2.45) is 5.92 Å². The zero-order valence-corrected chi connectivity index (χ0v) is 11.0. The van der Waals surface area contributed by atoms with Crippen LogP contribution < -0.4 is 0 Å². The summed E-state index contributed by atoms with van der Waals surface area (Å²) in [4.78, 5) is 14.0. The quantitative estimate of drug-likeness (QED) is 0.714. The van der Waals surface area contributed by atoms with Crippen LogP contribution >= 0.6 is 0 Å². The van der Waals surface area contributed by atoms with Crippen molar-refractivity contribution < 1.29 is 9.53 Å². The molecule has 1 saturated heterocycles. The molecule has 0 N–H and O–H groups in total. The van der Waals surface area contributed by atoms with Crippen molar-refractivity contribution in [2.45, 2.75) is 19.8 Å². The highest BCUT2D eigenvalue weighted by molar-refractivity contribution is 5.73. The first-order valence-electron chi connectivity index (χ1n) is 6.71. The Kier molecular flexibility index (Phi) is 4.76. The monoisotopic (exact) mass is 247 g/mol. The van der Waals surface area contributed by atoms with E-state index in [2.05, 4.69) is 35.3 Å². The van der Waals surface area contributed by atoms with Crippen LogP contribution in [0.1, 0.15) is 19.8 Å². The van der Waals surface area contributed by atoms with Crippen molar-refractivity contribution in [1.29, 1.82) is 0 Å². The van der Waals surface area contributed by atoms with Gasteiger partial charge in [-0.05, 0) is 31.9 Å². The molecule has 1 aliphatic heterocycles. The Balaban J connectivity index is 1.84. The minimum atomic E-state index is -0.0368. The Morgan fingerprint density at radius 1 is 1.50 bits per heavy atom. The first kappa shape index (κ1) is 13.1. The highest BCUT2D eigenvalue weighted by Gasteiger charge is 2.29. The molecule has 98 valence electrons. The third-order valence-corrected chi connectivity index (χ3v) is 3.35. The van der Waals surface area contributed by atoms with Crippen molar-refractivity contribution in [1.82, 2.24) is 4.90 Å². The molecule has 1 unspecified atom stereocenters. The molecule has 1 heterocycles. The number of allylic oxidation sites excluding steroid dienone is 4. The normalized spacial score (nSPS) is 23.8. The second kappa shape index (κ2) is 6.55. The van der Waals surface area contributed by atoms with Gasteiger partial charge in [-0.2, -0.15) is 0 Å². The van der Waals surface area contributed by atoms with E-state index < -0.39 is 0 Å². The molecule has 18 heavy (non-hydrogen) atoms. The number of ether oxygens (including phenoxy) is 1. The van der Waals surface area contributed by atoms with Gasteiger partial charge in [0, 0.05) is 13.1 Å². The molecule has 0 aromatic heterocycles. The Hall–Kier alpha value is -1.35. The molecule has 3 nitrogen and oxygen atoms in total. The molecule has 1 aliphatic carbocycles. The van der Waals surface area contributed by atoms with Gasteiger partial charge in [0.05, 0.1) is 12.5 Å². The molecule has 3 heteroatoms. The van der Waals surface area contributed by atoms with Crippen molar-refractivity contribution in [3.63, 3.8) is 0 Å². The van der Waals surface area contributed by atoms with Crippen LogP contribution in [0.3, 0.4) is 0 Å². The lowest BCUT2D eigenvalue weighted by Gasteiger charge is -2.16. The van der Waals surface area contributed by atoms with Crippen LogP contribution in [0.15, 0.2) is 36.0 Å². The van der Waals surface area contributed by atoms with Gasteiger partial charge in [0.1, 0.15) is 0 Å². The molecule has 0 aromatic carbocycles. The molecular formula is C15H21NO2. The summed E-state index contributed by atoms with van der Waals surface area (Å²) in [6, 6.07) is 0. The number of carbonyl (C=O) groups excluding carboxylic acids is 1. The lowest BCUT2D eigenvalue weighted by atomic mass is 10.1. The number of esters is 1. The van der Waals surface area contributed by atoms with E-state index in [1.165, 1.54) is 5.57 Å². The maximum absolute atomic E-state index is 11.6. The van der Waals surface area contributed by atoms with E-state index in [0.29, 0.717) is 6.61 Å². The lowest BCUT2D eigenvalue weighted by molar-refractivity contribution is -0.147. The summed E-state index contributed by atoms with van der Waals surface area (Å²) in [6.07, 6.45) is 12.7. The Labute approximate surface area is 109 Å². The average Bonchev–Trinajstić information content (AvgIpc) is 2.67. The summed E-state index contributed by atoms with van der Waals surface area (Å²) in [5.74, 6) is 0.0288. The van der Waals surface area contributed by atoms with Crippen LogP contribution in [0.4, 0.5) is 0 Å². The van der Waals surface area contributed by atoms with Crippen LogP contribution in [-0.4, -0.2) is 37.1 Å². The summed E-state index contributed by atoms with van der Waals surface area (Å²) in [5, 5.41) is 0. The van der Waals surface area contributed by atoms with Crippen LogP contribution in [0.25, 0.3) is 0 Å². The van der Waals surface area contributed by atoms with Gasteiger partial charge >= 0.3 is 5.97 Å².